The molecule has 2 nitrogen and oxygen atoms in total. The van der Waals surface area contributed by atoms with E-state index in [0.29, 0.717) is 6.61 Å². The smallest absolute Gasteiger partial charge is 0.123 e. The first kappa shape index (κ1) is 13.5. The van der Waals surface area contributed by atoms with Crippen molar-refractivity contribution in [1.29, 1.82) is 0 Å². The summed E-state index contributed by atoms with van der Waals surface area (Å²) in [6, 6.07) is 10.5. The van der Waals surface area contributed by atoms with Gasteiger partial charge in [0.05, 0.1) is 0 Å². The summed E-state index contributed by atoms with van der Waals surface area (Å²) in [5.41, 5.74) is 12.6. The van der Waals surface area contributed by atoms with Crippen LogP contribution in [0.2, 0.25) is 0 Å². The largest absolute Gasteiger partial charge is 0.489 e. The maximum absolute atomic E-state index is 5.91. The molecule has 0 atom stereocenters. The van der Waals surface area contributed by atoms with Gasteiger partial charge in [-0.15, -0.1) is 0 Å². The lowest BCUT2D eigenvalue weighted by Gasteiger charge is -2.12. The molecule has 100 valence electrons. The van der Waals surface area contributed by atoms with Gasteiger partial charge in [-0.05, 0) is 56.5 Å². The number of anilines is 1. The fraction of sp³-hybridized carbons (Fsp3) is 0.294. The van der Waals surface area contributed by atoms with E-state index in [-0.39, 0.29) is 0 Å². The molecule has 2 N–H and O–H groups in total. The molecule has 0 fully saturated rings. The van der Waals surface area contributed by atoms with E-state index in [0.717, 1.165) is 22.6 Å². The lowest BCUT2D eigenvalue weighted by molar-refractivity contribution is 0.304. The SMILES string of the molecule is Cc1cc(C)cc(COc2cc(C)c(N)cc2C)c1. The molecule has 2 aromatic carbocycles. The van der Waals surface area contributed by atoms with Gasteiger partial charge in [-0.1, -0.05) is 29.3 Å². The highest BCUT2D eigenvalue weighted by Crippen LogP contribution is 2.25. The first-order valence-electron chi connectivity index (χ1n) is 6.52. The Balaban J connectivity index is 2.16. The maximum atomic E-state index is 5.91. The summed E-state index contributed by atoms with van der Waals surface area (Å²) < 4.78 is 5.91. The Morgan fingerprint density at radius 1 is 0.842 bits per heavy atom. The Hall–Kier alpha value is -1.96. The number of nitrogens with two attached hydrogens (primary N) is 1. The minimum atomic E-state index is 0.590. The average Bonchev–Trinajstić information content (AvgIpc) is 2.31. The molecule has 0 unspecified atom stereocenters. The van der Waals surface area contributed by atoms with Crippen LogP contribution in [-0.4, -0.2) is 0 Å². The molecule has 0 aliphatic carbocycles. The third-order valence-corrected chi connectivity index (χ3v) is 3.24. The number of rotatable bonds is 3. The maximum Gasteiger partial charge on any atom is 0.123 e. The van der Waals surface area contributed by atoms with Crippen LogP contribution in [0.4, 0.5) is 5.69 Å². The summed E-state index contributed by atoms with van der Waals surface area (Å²) in [6.45, 7) is 8.82. The molecule has 0 bridgehead atoms. The normalized spacial score (nSPS) is 10.5. The monoisotopic (exact) mass is 255 g/mol. The van der Waals surface area contributed by atoms with Crippen molar-refractivity contribution in [2.24, 2.45) is 0 Å². The fourth-order valence-corrected chi connectivity index (χ4v) is 2.28. The zero-order chi connectivity index (χ0) is 14.0. The third-order valence-electron chi connectivity index (χ3n) is 3.24. The molecule has 0 aliphatic heterocycles. The Kier molecular flexibility index (Phi) is 3.79. The van der Waals surface area contributed by atoms with Gasteiger partial charge >= 0.3 is 0 Å². The predicted molar refractivity (Wildman–Crippen MR) is 80.6 cm³/mol. The van der Waals surface area contributed by atoms with E-state index in [4.69, 9.17) is 10.5 Å². The van der Waals surface area contributed by atoms with Gasteiger partial charge in [0, 0.05) is 5.69 Å². The highest BCUT2D eigenvalue weighted by atomic mass is 16.5. The second-order valence-electron chi connectivity index (χ2n) is 5.26. The first-order valence-corrected chi connectivity index (χ1v) is 6.52. The molecule has 0 aromatic heterocycles. The van der Waals surface area contributed by atoms with Crippen LogP contribution in [0.5, 0.6) is 5.75 Å². The van der Waals surface area contributed by atoms with Crippen LogP contribution in [0.3, 0.4) is 0 Å². The second-order valence-corrected chi connectivity index (χ2v) is 5.26. The van der Waals surface area contributed by atoms with Gasteiger partial charge in [0.1, 0.15) is 12.4 Å². The van der Waals surface area contributed by atoms with Crippen molar-refractivity contribution >= 4 is 5.69 Å². The summed E-state index contributed by atoms with van der Waals surface area (Å²) in [7, 11) is 0. The molecule has 0 saturated heterocycles. The standard InChI is InChI=1S/C17H21NO/c1-11-5-12(2)7-15(6-11)10-19-17-9-13(3)16(18)8-14(17)4/h5-9H,10,18H2,1-4H3. The summed E-state index contributed by atoms with van der Waals surface area (Å²) in [4.78, 5) is 0. The van der Waals surface area contributed by atoms with Crippen LogP contribution < -0.4 is 10.5 Å². The highest BCUT2D eigenvalue weighted by molar-refractivity contribution is 5.53. The van der Waals surface area contributed by atoms with Gasteiger partial charge in [-0.3, -0.25) is 0 Å². The van der Waals surface area contributed by atoms with Crippen LogP contribution >= 0.6 is 0 Å². The van der Waals surface area contributed by atoms with Crippen molar-refractivity contribution in [2.45, 2.75) is 34.3 Å². The molecule has 2 heteroatoms. The van der Waals surface area contributed by atoms with Crippen LogP contribution in [-0.2, 0) is 6.61 Å². The van der Waals surface area contributed by atoms with E-state index in [1.54, 1.807) is 0 Å². The van der Waals surface area contributed by atoms with E-state index in [1.807, 2.05) is 26.0 Å². The number of nitrogen functional groups attached to an aromatic ring is 1. The van der Waals surface area contributed by atoms with Crippen molar-refractivity contribution in [3.63, 3.8) is 0 Å². The minimum absolute atomic E-state index is 0.590. The lowest BCUT2D eigenvalue weighted by atomic mass is 10.1. The molecule has 2 rings (SSSR count). The van der Waals surface area contributed by atoms with Gasteiger partial charge in [-0.25, -0.2) is 0 Å². The molecule has 0 amide bonds. The number of hydrogen-bond acceptors (Lipinski definition) is 2. The quantitative estimate of drug-likeness (QED) is 0.839. The van der Waals surface area contributed by atoms with Crippen LogP contribution in [0.15, 0.2) is 30.3 Å². The molecular formula is C17H21NO. The van der Waals surface area contributed by atoms with Gasteiger partial charge < -0.3 is 10.5 Å². The van der Waals surface area contributed by atoms with Crippen LogP contribution in [0, 0.1) is 27.7 Å². The van der Waals surface area contributed by atoms with E-state index < -0.39 is 0 Å². The Bertz CT molecular complexity index is 582. The van der Waals surface area contributed by atoms with Crippen molar-refractivity contribution in [1.82, 2.24) is 0 Å². The minimum Gasteiger partial charge on any atom is -0.489 e. The molecule has 0 saturated carbocycles. The van der Waals surface area contributed by atoms with Crippen LogP contribution in [0.25, 0.3) is 0 Å². The second kappa shape index (κ2) is 5.35. The van der Waals surface area contributed by atoms with Crippen LogP contribution in [0.1, 0.15) is 27.8 Å². The number of benzene rings is 2. The first-order chi connectivity index (χ1) is 8.95. The third kappa shape index (κ3) is 3.28. The van der Waals surface area contributed by atoms with E-state index >= 15 is 0 Å². The van der Waals surface area contributed by atoms with Crippen molar-refractivity contribution in [3.8, 4) is 5.75 Å². The van der Waals surface area contributed by atoms with Gasteiger partial charge in [0.25, 0.3) is 0 Å². The van der Waals surface area contributed by atoms with Crippen molar-refractivity contribution in [3.05, 3.63) is 58.1 Å². The molecule has 0 aliphatic rings. The predicted octanol–water partition coefficient (Wildman–Crippen LogP) is 4.08. The zero-order valence-corrected chi connectivity index (χ0v) is 12.1. The van der Waals surface area contributed by atoms with Crippen molar-refractivity contribution < 1.29 is 4.74 Å². The average molecular weight is 255 g/mol. The van der Waals surface area contributed by atoms with Gasteiger partial charge in [-0.2, -0.15) is 0 Å². The summed E-state index contributed by atoms with van der Waals surface area (Å²) >= 11 is 0. The number of hydrogen-bond donors (Lipinski definition) is 1. The lowest BCUT2D eigenvalue weighted by Crippen LogP contribution is -2.00. The fourth-order valence-electron chi connectivity index (χ4n) is 2.28. The molecule has 0 radical (unpaired) electrons. The van der Waals surface area contributed by atoms with Gasteiger partial charge in [0.15, 0.2) is 0 Å². The van der Waals surface area contributed by atoms with Gasteiger partial charge in [0.2, 0.25) is 0 Å². The molecule has 19 heavy (non-hydrogen) atoms. The van der Waals surface area contributed by atoms with E-state index in [9.17, 15) is 0 Å². The number of ether oxygens (including phenoxy) is 1. The summed E-state index contributed by atoms with van der Waals surface area (Å²) in [5.74, 6) is 0.908. The highest BCUT2D eigenvalue weighted by Gasteiger charge is 2.04. The Morgan fingerprint density at radius 2 is 1.47 bits per heavy atom. The Morgan fingerprint density at radius 3 is 2.11 bits per heavy atom. The summed E-state index contributed by atoms with van der Waals surface area (Å²) in [6.07, 6.45) is 0. The number of aryl methyl sites for hydroxylation is 4. The van der Waals surface area contributed by atoms with Crippen molar-refractivity contribution in [2.75, 3.05) is 5.73 Å². The molecule has 2 aromatic rings. The molecule has 0 heterocycles. The van der Waals surface area contributed by atoms with E-state index in [1.165, 1.54) is 16.7 Å². The Labute approximate surface area is 115 Å². The van der Waals surface area contributed by atoms with E-state index in [2.05, 4.69) is 32.0 Å². The summed E-state index contributed by atoms with van der Waals surface area (Å²) in [5, 5.41) is 0. The molecule has 0 spiro atoms. The zero-order valence-electron chi connectivity index (χ0n) is 12.1. The molecular weight excluding hydrogens is 234 g/mol. The topological polar surface area (TPSA) is 35.2 Å².